The highest BCUT2D eigenvalue weighted by atomic mass is 35.5. The molecule has 0 spiro atoms. The molecule has 1 fully saturated rings. The molecule has 2 atom stereocenters. The molecule has 0 saturated carbocycles. The maximum atomic E-state index is 11.3. The number of aliphatic carboxylic acids is 1. The first kappa shape index (κ1) is 20.0. The average molecular weight is 370 g/mol. The van der Waals surface area contributed by atoms with Gasteiger partial charge in [0.05, 0.1) is 13.5 Å². The zero-order valence-electron chi connectivity index (χ0n) is 12.5. The second-order valence-electron chi connectivity index (χ2n) is 4.82. The standard InChI is InChI=1S/C12H14ClNO3.C2HF3O2/c1-16-12(15)11-6-10(7-14-11)17-9-4-2-8(13)3-5-9;3-2(4,5)1(6)7/h2-5,10-11,14H,6-7H2,1H3;(H,6,7)/t10-,11-;/m1./s1. The summed E-state index contributed by atoms with van der Waals surface area (Å²) in [5, 5.41) is 11.4. The van der Waals surface area contributed by atoms with Crippen molar-refractivity contribution in [2.75, 3.05) is 13.7 Å². The van der Waals surface area contributed by atoms with Gasteiger partial charge in [-0.2, -0.15) is 13.2 Å². The van der Waals surface area contributed by atoms with Gasteiger partial charge in [-0.25, -0.2) is 4.79 Å². The molecule has 134 valence electrons. The van der Waals surface area contributed by atoms with Crippen LogP contribution in [0.1, 0.15) is 6.42 Å². The van der Waals surface area contributed by atoms with Crippen molar-refractivity contribution >= 4 is 23.5 Å². The van der Waals surface area contributed by atoms with E-state index in [9.17, 15) is 18.0 Å². The molecule has 2 rings (SSSR count). The van der Waals surface area contributed by atoms with Crippen molar-refractivity contribution in [3.05, 3.63) is 29.3 Å². The number of methoxy groups -OCH3 is 1. The van der Waals surface area contributed by atoms with Crippen LogP contribution in [0.5, 0.6) is 5.75 Å². The van der Waals surface area contributed by atoms with Crippen molar-refractivity contribution < 1.29 is 42.7 Å². The number of carbonyl (C=O) groups is 2. The van der Waals surface area contributed by atoms with Crippen LogP contribution in [0.15, 0.2) is 24.3 Å². The fraction of sp³-hybridized carbons (Fsp3) is 0.429. The lowest BCUT2D eigenvalue weighted by Crippen LogP contribution is -2.89. The Morgan fingerprint density at radius 1 is 1.29 bits per heavy atom. The summed E-state index contributed by atoms with van der Waals surface area (Å²) in [6, 6.07) is 7.08. The molecule has 0 aromatic heterocycles. The van der Waals surface area contributed by atoms with Gasteiger partial charge in [0.15, 0.2) is 12.1 Å². The van der Waals surface area contributed by atoms with E-state index in [1.54, 1.807) is 12.1 Å². The Kier molecular flexibility index (Phi) is 7.30. The summed E-state index contributed by atoms with van der Waals surface area (Å²) in [5.41, 5.74) is 0. The van der Waals surface area contributed by atoms with Crippen molar-refractivity contribution in [1.29, 1.82) is 0 Å². The van der Waals surface area contributed by atoms with Gasteiger partial charge in [-0.05, 0) is 24.3 Å². The van der Waals surface area contributed by atoms with Gasteiger partial charge in [0, 0.05) is 5.02 Å². The van der Waals surface area contributed by atoms with Crippen molar-refractivity contribution in [2.24, 2.45) is 0 Å². The van der Waals surface area contributed by atoms with Gasteiger partial charge in [-0.15, -0.1) is 0 Å². The minimum absolute atomic E-state index is 0.0419. The van der Waals surface area contributed by atoms with E-state index in [-0.39, 0.29) is 18.1 Å². The molecule has 0 amide bonds. The van der Waals surface area contributed by atoms with E-state index in [2.05, 4.69) is 0 Å². The highest BCUT2D eigenvalue weighted by Gasteiger charge is 2.35. The average Bonchev–Trinajstić information content (AvgIpc) is 2.97. The third-order valence-electron chi connectivity index (χ3n) is 3.05. The number of nitrogens with two attached hydrogens (primary N) is 1. The van der Waals surface area contributed by atoms with Gasteiger partial charge >= 0.3 is 12.1 Å². The summed E-state index contributed by atoms with van der Waals surface area (Å²) in [4.78, 5) is 20.1. The third-order valence-corrected chi connectivity index (χ3v) is 3.30. The lowest BCUT2D eigenvalue weighted by atomic mass is 10.2. The number of carbonyl (C=O) groups excluding carboxylic acids is 2. The van der Waals surface area contributed by atoms with Crippen LogP contribution in [-0.4, -0.2) is 43.9 Å². The zero-order valence-corrected chi connectivity index (χ0v) is 13.3. The van der Waals surface area contributed by atoms with Gasteiger partial charge in [0.1, 0.15) is 18.3 Å². The van der Waals surface area contributed by atoms with E-state index in [1.807, 2.05) is 17.4 Å². The number of halogens is 4. The molecular weight excluding hydrogens is 355 g/mol. The first-order valence-electron chi connectivity index (χ1n) is 6.75. The Balaban J connectivity index is 0.000000351. The largest absolute Gasteiger partial charge is 0.542 e. The van der Waals surface area contributed by atoms with E-state index in [1.165, 1.54) is 7.11 Å². The molecule has 0 aliphatic carbocycles. The first-order chi connectivity index (χ1) is 11.1. The van der Waals surface area contributed by atoms with Crippen molar-refractivity contribution in [1.82, 2.24) is 0 Å². The smallest absolute Gasteiger partial charge is 0.430 e. The van der Waals surface area contributed by atoms with Crippen LogP contribution in [0, 0.1) is 0 Å². The maximum Gasteiger partial charge on any atom is 0.430 e. The number of rotatable bonds is 3. The van der Waals surface area contributed by atoms with E-state index in [0.29, 0.717) is 11.4 Å². The number of quaternary nitrogens is 1. The summed E-state index contributed by atoms with van der Waals surface area (Å²) in [5.74, 6) is -2.42. The van der Waals surface area contributed by atoms with Crippen LogP contribution < -0.4 is 15.2 Å². The topological polar surface area (TPSA) is 92.3 Å². The van der Waals surface area contributed by atoms with Gasteiger partial charge < -0.3 is 24.7 Å². The molecule has 1 aliphatic rings. The second-order valence-corrected chi connectivity index (χ2v) is 5.25. The van der Waals surface area contributed by atoms with Crippen LogP contribution in [0.25, 0.3) is 0 Å². The Hall–Kier alpha value is -2.00. The van der Waals surface area contributed by atoms with E-state index in [4.69, 9.17) is 31.0 Å². The monoisotopic (exact) mass is 369 g/mol. The number of benzene rings is 1. The SMILES string of the molecule is COC(=O)[C@H]1C[C@@H](Oc2ccc(Cl)cc2)C[NH2+]1.O=C([O-])C(F)(F)F. The van der Waals surface area contributed by atoms with Crippen LogP contribution in [0.2, 0.25) is 5.02 Å². The summed E-state index contributed by atoms with van der Waals surface area (Å²) >= 11 is 5.79. The number of carboxylic acids is 1. The van der Waals surface area contributed by atoms with Crippen LogP contribution in [0.3, 0.4) is 0 Å². The summed E-state index contributed by atoms with van der Waals surface area (Å²) < 4.78 is 42.0. The third kappa shape index (κ3) is 6.63. The first-order valence-corrected chi connectivity index (χ1v) is 7.12. The number of hydrogen-bond acceptors (Lipinski definition) is 5. The Morgan fingerprint density at radius 2 is 1.83 bits per heavy atom. The van der Waals surface area contributed by atoms with E-state index >= 15 is 0 Å². The van der Waals surface area contributed by atoms with Crippen LogP contribution >= 0.6 is 11.6 Å². The molecule has 1 aliphatic heterocycles. The molecule has 0 unspecified atom stereocenters. The van der Waals surface area contributed by atoms with Gasteiger partial charge in [0.25, 0.3) is 0 Å². The number of hydrogen-bond donors (Lipinski definition) is 1. The molecule has 1 aromatic carbocycles. The van der Waals surface area contributed by atoms with Crippen LogP contribution in [0.4, 0.5) is 13.2 Å². The lowest BCUT2D eigenvalue weighted by molar-refractivity contribution is -0.660. The number of alkyl halides is 3. The fourth-order valence-corrected chi connectivity index (χ4v) is 2.06. The highest BCUT2D eigenvalue weighted by molar-refractivity contribution is 6.30. The molecule has 6 nitrogen and oxygen atoms in total. The maximum absolute atomic E-state index is 11.3. The number of carboxylic acid groups (broad SMARTS) is 1. The van der Waals surface area contributed by atoms with Crippen molar-refractivity contribution in [3.8, 4) is 5.75 Å². The molecular formula is C14H15ClF3NO5. The predicted octanol–water partition coefficient (Wildman–Crippen LogP) is -0.105. The molecule has 0 bridgehead atoms. The Labute approximate surface area is 140 Å². The van der Waals surface area contributed by atoms with Crippen molar-refractivity contribution in [3.63, 3.8) is 0 Å². The minimum atomic E-state index is -5.19. The second kappa shape index (κ2) is 8.74. The zero-order chi connectivity index (χ0) is 18.3. The molecule has 1 saturated heterocycles. The summed E-state index contributed by atoms with van der Waals surface area (Å²) in [6.45, 7) is 0.766. The van der Waals surface area contributed by atoms with Gasteiger partial charge in [0.2, 0.25) is 0 Å². The number of ether oxygens (including phenoxy) is 2. The van der Waals surface area contributed by atoms with Gasteiger partial charge in [-0.1, -0.05) is 11.6 Å². The fourth-order valence-electron chi connectivity index (χ4n) is 1.94. The normalized spacial score (nSPS) is 19.9. The molecule has 1 aromatic rings. The quantitative estimate of drug-likeness (QED) is 0.751. The molecule has 10 heteroatoms. The molecule has 0 radical (unpaired) electrons. The molecule has 1 heterocycles. The van der Waals surface area contributed by atoms with Crippen molar-refractivity contribution in [2.45, 2.75) is 24.7 Å². The van der Waals surface area contributed by atoms with Gasteiger partial charge in [-0.3, -0.25) is 0 Å². The van der Waals surface area contributed by atoms with Crippen LogP contribution in [-0.2, 0) is 14.3 Å². The Morgan fingerprint density at radius 3 is 2.29 bits per heavy atom. The van der Waals surface area contributed by atoms with E-state index < -0.39 is 12.1 Å². The molecule has 24 heavy (non-hydrogen) atoms. The number of esters is 1. The van der Waals surface area contributed by atoms with E-state index in [0.717, 1.165) is 12.3 Å². The molecule has 2 N–H and O–H groups in total. The summed E-state index contributed by atoms with van der Waals surface area (Å²) in [7, 11) is 1.41. The highest BCUT2D eigenvalue weighted by Crippen LogP contribution is 2.18. The Bertz CT molecular complexity index is 565. The lowest BCUT2D eigenvalue weighted by Gasteiger charge is -2.10. The minimum Gasteiger partial charge on any atom is -0.542 e. The predicted molar refractivity (Wildman–Crippen MR) is 74.1 cm³/mol. The summed E-state index contributed by atoms with van der Waals surface area (Å²) in [6.07, 6.45) is -4.48.